The van der Waals surface area contributed by atoms with Gasteiger partial charge >= 0.3 is 0 Å². The second-order valence-electron chi connectivity index (χ2n) is 5.02. The van der Waals surface area contributed by atoms with Gasteiger partial charge in [-0.2, -0.15) is 0 Å². The Hall–Kier alpha value is -1.38. The van der Waals surface area contributed by atoms with Gasteiger partial charge in [-0.3, -0.25) is 0 Å². The molecular weight excluding hydrogens is 351 g/mol. The van der Waals surface area contributed by atoms with Crippen LogP contribution in [0.15, 0.2) is 65.1 Å². The third-order valence-corrected chi connectivity index (χ3v) is 4.41. The third-order valence-electron chi connectivity index (χ3n) is 3.53. The van der Waals surface area contributed by atoms with Crippen LogP contribution in [0.1, 0.15) is 16.5 Å². The first kappa shape index (κ1) is 14.6. The van der Waals surface area contributed by atoms with E-state index in [1.807, 2.05) is 18.2 Å². The van der Waals surface area contributed by atoms with E-state index in [-0.39, 0.29) is 11.2 Å². The summed E-state index contributed by atoms with van der Waals surface area (Å²) in [5.41, 5.74) is 1.64. The first-order valence-corrected chi connectivity index (χ1v) is 7.93. The predicted molar refractivity (Wildman–Crippen MR) is 90.3 cm³/mol. The van der Waals surface area contributed by atoms with Crippen LogP contribution in [-0.4, -0.2) is 0 Å². The Bertz CT molecular complexity index is 785. The summed E-state index contributed by atoms with van der Waals surface area (Å²) in [5, 5.41) is 2.00. The van der Waals surface area contributed by atoms with Gasteiger partial charge in [-0.25, -0.2) is 4.39 Å². The predicted octanol–water partition coefficient (Wildman–Crippen LogP) is 6.26. The van der Waals surface area contributed by atoms with Crippen molar-refractivity contribution >= 4 is 38.3 Å². The molecule has 0 fully saturated rings. The Morgan fingerprint density at radius 3 is 2.48 bits per heavy atom. The number of halogens is 3. The average Bonchev–Trinajstić information content (AvgIpc) is 2.47. The highest BCUT2D eigenvalue weighted by atomic mass is 79.9. The lowest BCUT2D eigenvalue weighted by Gasteiger charge is -2.12. The van der Waals surface area contributed by atoms with Crippen LogP contribution in [-0.2, 0) is 6.42 Å². The Morgan fingerprint density at radius 2 is 1.71 bits per heavy atom. The molecule has 0 aromatic heterocycles. The Balaban J connectivity index is 1.87. The van der Waals surface area contributed by atoms with E-state index in [1.54, 1.807) is 6.07 Å². The Kier molecular flexibility index (Phi) is 4.27. The molecule has 0 aliphatic carbocycles. The van der Waals surface area contributed by atoms with E-state index in [9.17, 15) is 4.39 Å². The molecule has 21 heavy (non-hydrogen) atoms. The molecule has 106 valence electrons. The van der Waals surface area contributed by atoms with E-state index in [0.717, 1.165) is 10.0 Å². The van der Waals surface area contributed by atoms with Crippen molar-refractivity contribution in [3.63, 3.8) is 0 Å². The second kappa shape index (κ2) is 6.17. The van der Waals surface area contributed by atoms with Crippen LogP contribution in [0.5, 0.6) is 0 Å². The van der Waals surface area contributed by atoms with Crippen molar-refractivity contribution in [2.45, 2.75) is 11.8 Å². The number of hydrogen-bond donors (Lipinski definition) is 0. The highest BCUT2D eigenvalue weighted by molar-refractivity contribution is 9.10. The summed E-state index contributed by atoms with van der Waals surface area (Å²) in [6, 6.07) is 19.4. The van der Waals surface area contributed by atoms with Gasteiger partial charge in [-0.05, 0) is 34.9 Å². The number of fused-ring (bicyclic) bond motifs is 1. The fourth-order valence-electron chi connectivity index (χ4n) is 2.44. The van der Waals surface area contributed by atoms with Crippen LogP contribution in [0.3, 0.4) is 0 Å². The van der Waals surface area contributed by atoms with Gasteiger partial charge in [-0.15, -0.1) is 11.6 Å². The number of alkyl halides is 1. The number of benzene rings is 3. The van der Waals surface area contributed by atoms with Crippen molar-refractivity contribution in [2.75, 3.05) is 0 Å². The molecule has 0 spiro atoms. The largest absolute Gasteiger partial charge is 0.207 e. The quantitative estimate of drug-likeness (QED) is 0.481. The van der Waals surface area contributed by atoms with Gasteiger partial charge in [0.2, 0.25) is 0 Å². The molecule has 3 aromatic rings. The molecule has 0 saturated heterocycles. The summed E-state index contributed by atoms with van der Waals surface area (Å²) in [6.45, 7) is 0. The summed E-state index contributed by atoms with van der Waals surface area (Å²) < 4.78 is 14.7. The minimum absolute atomic E-state index is 0.273. The molecule has 3 rings (SSSR count). The van der Waals surface area contributed by atoms with Gasteiger partial charge in [0.1, 0.15) is 5.82 Å². The highest BCUT2D eigenvalue weighted by Crippen LogP contribution is 2.29. The van der Waals surface area contributed by atoms with E-state index >= 15 is 0 Å². The summed E-state index contributed by atoms with van der Waals surface area (Å²) in [5.74, 6) is -0.273. The van der Waals surface area contributed by atoms with Crippen LogP contribution in [0, 0.1) is 5.82 Å². The summed E-state index contributed by atoms with van der Waals surface area (Å²) in [6.07, 6.45) is 0.602. The normalized spacial score (nSPS) is 12.5. The van der Waals surface area contributed by atoms with Crippen molar-refractivity contribution in [2.24, 2.45) is 0 Å². The maximum Gasteiger partial charge on any atom is 0.129 e. The molecule has 0 bridgehead atoms. The maximum absolute atomic E-state index is 13.9. The summed E-state index contributed by atoms with van der Waals surface area (Å²) in [4.78, 5) is 0. The molecule has 0 nitrogen and oxygen atoms in total. The zero-order chi connectivity index (χ0) is 14.8. The third kappa shape index (κ3) is 3.28. The van der Waals surface area contributed by atoms with Gasteiger partial charge in [0, 0.05) is 10.0 Å². The van der Waals surface area contributed by atoms with Crippen LogP contribution >= 0.6 is 27.5 Å². The lowest BCUT2D eigenvalue weighted by atomic mass is 10.0. The van der Waals surface area contributed by atoms with Gasteiger partial charge < -0.3 is 0 Å². The molecule has 0 N–H and O–H groups in total. The molecule has 1 atom stereocenters. The zero-order valence-electron chi connectivity index (χ0n) is 11.2. The lowest BCUT2D eigenvalue weighted by molar-refractivity contribution is 0.605. The van der Waals surface area contributed by atoms with E-state index in [2.05, 4.69) is 46.3 Å². The minimum atomic E-state index is -0.376. The fourth-order valence-corrected chi connectivity index (χ4v) is 3.13. The maximum atomic E-state index is 13.9. The van der Waals surface area contributed by atoms with Crippen molar-refractivity contribution in [1.29, 1.82) is 0 Å². The smallest absolute Gasteiger partial charge is 0.129 e. The Morgan fingerprint density at radius 1 is 0.952 bits per heavy atom. The monoisotopic (exact) mass is 362 g/mol. The second-order valence-corrected chi connectivity index (χ2v) is 6.46. The SMILES string of the molecule is Fc1cc(Br)ccc1C(Cl)Cc1ccc2ccccc2c1. The van der Waals surface area contributed by atoms with Crippen molar-refractivity contribution in [3.8, 4) is 0 Å². The molecule has 0 saturated carbocycles. The first-order chi connectivity index (χ1) is 10.1. The number of hydrogen-bond acceptors (Lipinski definition) is 0. The lowest BCUT2D eigenvalue weighted by Crippen LogP contribution is -1.99. The van der Waals surface area contributed by atoms with Crippen molar-refractivity contribution in [1.82, 2.24) is 0 Å². The molecule has 3 aromatic carbocycles. The molecule has 0 heterocycles. The molecular formula is C18H13BrClF. The van der Waals surface area contributed by atoms with Crippen LogP contribution in [0.4, 0.5) is 4.39 Å². The van der Waals surface area contributed by atoms with E-state index in [4.69, 9.17) is 11.6 Å². The van der Waals surface area contributed by atoms with E-state index in [0.29, 0.717) is 12.0 Å². The molecule has 0 radical (unpaired) electrons. The standard InChI is InChI=1S/C18H13BrClF/c19-15-7-8-16(18(21)11-15)17(20)10-12-5-6-13-3-1-2-4-14(13)9-12/h1-9,11,17H,10H2. The van der Waals surface area contributed by atoms with Crippen molar-refractivity contribution < 1.29 is 4.39 Å². The van der Waals surface area contributed by atoms with Gasteiger partial charge in [0.05, 0.1) is 5.38 Å². The zero-order valence-corrected chi connectivity index (χ0v) is 13.5. The fraction of sp³-hybridized carbons (Fsp3) is 0.111. The van der Waals surface area contributed by atoms with Crippen LogP contribution < -0.4 is 0 Å². The minimum Gasteiger partial charge on any atom is -0.207 e. The van der Waals surface area contributed by atoms with E-state index < -0.39 is 0 Å². The molecule has 1 unspecified atom stereocenters. The topological polar surface area (TPSA) is 0 Å². The summed E-state index contributed by atoms with van der Waals surface area (Å²) >= 11 is 9.65. The average molecular weight is 364 g/mol. The highest BCUT2D eigenvalue weighted by Gasteiger charge is 2.14. The van der Waals surface area contributed by atoms with Gasteiger partial charge in [-0.1, -0.05) is 64.5 Å². The first-order valence-electron chi connectivity index (χ1n) is 6.70. The van der Waals surface area contributed by atoms with Gasteiger partial charge in [0.25, 0.3) is 0 Å². The van der Waals surface area contributed by atoms with Crippen molar-refractivity contribution in [3.05, 3.63) is 82.1 Å². The Labute approximate surface area is 136 Å². The molecule has 0 aliphatic heterocycles. The van der Waals surface area contributed by atoms with E-state index in [1.165, 1.54) is 16.8 Å². The van der Waals surface area contributed by atoms with Gasteiger partial charge in [0.15, 0.2) is 0 Å². The molecule has 0 aliphatic rings. The van der Waals surface area contributed by atoms with Crippen LogP contribution in [0.2, 0.25) is 0 Å². The van der Waals surface area contributed by atoms with Crippen LogP contribution in [0.25, 0.3) is 10.8 Å². The molecule has 0 amide bonds. The number of rotatable bonds is 3. The molecule has 3 heteroatoms. The summed E-state index contributed by atoms with van der Waals surface area (Å²) in [7, 11) is 0.